The van der Waals surface area contributed by atoms with Crippen molar-refractivity contribution in [2.24, 2.45) is 0 Å². The fourth-order valence-corrected chi connectivity index (χ4v) is 1.57. The van der Waals surface area contributed by atoms with Gasteiger partial charge in [0.1, 0.15) is 12.0 Å². The average Bonchev–Trinajstić information content (AvgIpc) is 2.39. The maximum atomic E-state index is 10.5. The fourth-order valence-electron chi connectivity index (χ4n) is 1.34. The lowest BCUT2D eigenvalue weighted by atomic mass is 10.4. The Kier molecular flexibility index (Phi) is 3.86. The van der Waals surface area contributed by atoms with Crippen molar-refractivity contribution in [1.29, 1.82) is 0 Å². The molecule has 19 heavy (non-hydrogen) atoms. The van der Waals surface area contributed by atoms with Crippen LogP contribution in [-0.2, 0) is 6.54 Å². The maximum Gasteiger partial charge on any atom is 0.289 e. The van der Waals surface area contributed by atoms with Crippen molar-refractivity contribution in [3.05, 3.63) is 51.2 Å². The highest BCUT2D eigenvalue weighted by molar-refractivity contribution is 6.33. The Morgan fingerprint density at radius 1 is 1.32 bits per heavy atom. The SMILES string of the molecule is Cc1cnc(CNc2ncc([N+](=O)[O-])cc2Cl)cn1. The molecule has 2 aromatic heterocycles. The standard InChI is InChI=1S/C11H10ClN5O2/c1-7-3-14-8(4-13-7)5-15-11-10(12)2-9(6-16-11)17(18)19/h2-4,6H,5H2,1H3,(H,15,16). The summed E-state index contributed by atoms with van der Waals surface area (Å²) in [7, 11) is 0. The molecule has 8 heteroatoms. The lowest BCUT2D eigenvalue weighted by molar-refractivity contribution is -0.385. The largest absolute Gasteiger partial charge is 0.363 e. The summed E-state index contributed by atoms with van der Waals surface area (Å²) in [5.41, 5.74) is 1.41. The molecule has 2 heterocycles. The van der Waals surface area contributed by atoms with Crippen molar-refractivity contribution >= 4 is 23.1 Å². The molecule has 0 spiro atoms. The van der Waals surface area contributed by atoms with Crippen LogP contribution in [0, 0.1) is 17.0 Å². The third kappa shape index (κ3) is 3.35. The summed E-state index contributed by atoms with van der Waals surface area (Å²) in [6.07, 6.45) is 4.44. The van der Waals surface area contributed by atoms with Gasteiger partial charge in [0.2, 0.25) is 0 Å². The zero-order valence-corrected chi connectivity index (χ0v) is 10.8. The van der Waals surface area contributed by atoms with Crippen LogP contribution in [-0.4, -0.2) is 19.9 Å². The molecule has 0 unspecified atom stereocenters. The minimum absolute atomic E-state index is 0.148. The summed E-state index contributed by atoms with van der Waals surface area (Å²) in [5.74, 6) is 0.370. The molecular formula is C11H10ClN5O2. The Balaban J connectivity index is 2.07. The van der Waals surface area contributed by atoms with Gasteiger partial charge < -0.3 is 5.32 Å². The molecular weight excluding hydrogens is 270 g/mol. The van der Waals surface area contributed by atoms with Crippen LogP contribution in [0.15, 0.2) is 24.7 Å². The van der Waals surface area contributed by atoms with Gasteiger partial charge in [-0.1, -0.05) is 11.6 Å². The molecule has 0 aliphatic heterocycles. The molecule has 1 N–H and O–H groups in total. The Hall–Kier alpha value is -2.28. The van der Waals surface area contributed by atoms with Gasteiger partial charge in [0.05, 0.1) is 34.1 Å². The normalized spacial score (nSPS) is 10.2. The van der Waals surface area contributed by atoms with Crippen molar-refractivity contribution < 1.29 is 4.92 Å². The van der Waals surface area contributed by atoms with E-state index in [2.05, 4.69) is 20.3 Å². The number of pyridine rings is 1. The van der Waals surface area contributed by atoms with Crippen molar-refractivity contribution in [3.8, 4) is 0 Å². The van der Waals surface area contributed by atoms with Crippen LogP contribution in [0.5, 0.6) is 0 Å². The summed E-state index contributed by atoms with van der Waals surface area (Å²) >= 11 is 5.90. The van der Waals surface area contributed by atoms with Crippen LogP contribution >= 0.6 is 11.6 Å². The molecule has 0 bridgehead atoms. The van der Waals surface area contributed by atoms with Gasteiger partial charge in [0, 0.05) is 12.3 Å². The third-order valence-electron chi connectivity index (χ3n) is 2.31. The predicted molar refractivity (Wildman–Crippen MR) is 70.0 cm³/mol. The summed E-state index contributed by atoms with van der Waals surface area (Å²) in [6, 6.07) is 1.25. The van der Waals surface area contributed by atoms with Gasteiger partial charge in [0.15, 0.2) is 0 Å². The number of rotatable bonds is 4. The van der Waals surface area contributed by atoms with Gasteiger partial charge >= 0.3 is 0 Å². The van der Waals surface area contributed by atoms with Gasteiger partial charge in [0.25, 0.3) is 5.69 Å². The minimum atomic E-state index is -0.548. The van der Waals surface area contributed by atoms with Gasteiger partial charge in [-0.05, 0) is 6.92 Å². The predicted octanol–water partition coefficient (Wildman–Crippen LogP) is 2.35. The van der Waals surface area contributed by atoms with E-state index < -0.39 is 4.92 Å². The van der Waals surface area contributed by atoms with Gasteiger partial charge in [-0.15, -0.1) is 0 Å². The smallest absolute Gasteiger partial charge is 0.289 e. The topological polar surface area (TPSA) is 93.8 Å². The van der Waals surface area contributed by atoms with E-state index in [0.717, 1.165) is 17.6 Å². The third-order valence-corrected chi connectivity index (χ3v) is 2.60. The van der Waals surface area contributed by atoms with E-state index in [1.807, 2.05) is 6.92 Å². The number of nitrogens with zero attached hydrogens (tertiary/aromatic N) is 4. The summed E-state index contributed by atoms with van der Waals surface area (Å²) in [6.45, 7) is 2.23. The first kappa shape index (κ1) is 13.2. The molecule has 0 saturated carbocycles. The fraction of sp³-hybridized carbons (Fsp3) is 0.182. The maximum absolute atomic E-state index is 10.5. The van der Waals surface area contributed by atoms with Crippen molar-refractivity contribution in [3.63, 3.8) is 0 Å². The van der Waals surface area contributed by atoms with E-state index in [4.69, 9.17) is 11.6 Å². The first-order valence-corrected chi connectivity index (χ1v) is 5.75. The number of anilines is 1. The summed E-state index contributed by atoms with van der Waals surface area (Å²) < 4.78 is 0. The monoisotopic (exact) mass is 279 g/mol. The Morgan fingerprint density at radius 3 is 2.68 bits per heavy atom. The van der Waals surface area contributed by atoms with Crippen LogP contribution in [0.1, 0.15) is 11.4 Å². The van der Waals surface area contributed by atoms with E-state index in [1.54, 1.807) is 12.4 Å². The molecule has 0 fully saturated rings. The van der Waals surface area contributed by atoms with E-state index in [9.17, 15) is 10.1 Å². The van der Waals surface area contributed by atoms with Crippen molar-refractivity contribution in [2.75, 3.05) is 5.32 Å². The number of halogens is 1. The number of nitro groups is 1. The highest BCUT2D eigenvalue weighted by atomic mass is 35.5. The zero-order valence-electron chi connectivity index (χ0n) is 10.00. The molecule has 0 saturated heterocycles. The number of aryl methyl sites for hydroxylation is 1. The number of nitrogens with one attached hydrogen (secondary N) is 1. The highest BCUT2D eigenvalue weighted by Gasteiger charge is 2.10. The van der Waals surface area contributed by atoms with E-state index in [0.29, 0.717) is 12.4 Å². The summed E-state index contributed by atoms with van der Waals surface area (Å²) in [5, 5.41) is 13.7. The zero-order chi connectivity index (χ0) is 13.8. The molecule has 0 aromatic carbocycles. The molecule has 2 rings (SSSR count). The first-order valence-electron chi connectivity index (χ1n) is 5.37. The Morgan fingerprint density at radius 2 is 2.11 bits per heavy atom. The molecule has 0 atom stereocenters. The Bertz CT molecular complexity index is 603. The molecule has 98 valence electrons. The first-order chi connectivity index (χ1) is 9.06. The van der Waals surface area contributed by atoms with Crippen LogP contribution in [0.3, 0.4) is 0 Å². The quantitative estimate of drug-likeness (QED) is 0.682. The van der Waals surface area contributed by atoms with Gasteiger partial charge in [-0.2, -0.15) is 0 Å². The molecule has 7 nitrogen and oxygen atoms in total. The highest BCUT2D eigenvalue weighted by Crippen LogP contribution is 2.23. The second kappa shape index (κ2) is 5.57. The number of aromatic nitrogens is 3. The van der Waals surface area contributed by atoms with Gasteiger partial charge in [-0.25, -0.2) is 4.98 Å². The lowest BCUT2D eigenvalue weighted by Gasteiger charge is -2.06. The van der Waals surface area contributed by atoms with E-state index >= 15 is 0 Å². The number of hydrogen-bond donors (Lipinski definition) is 1. The second-order valence-electron chi connectivity index (χ2n) is 3.78. The average molecular weight is 280 g/mol. The molecule has 0 aliphatic rings. The van der Waals surface area contributed by atoms with Crippen LogP contribution in [0.25, 0.3) is 0 Å². The Labute approximate surface area is 113 Å². The van der Waals surface area contributed by atoms with E-state index in [-0.39, 0.29) is 10.7 Å². The second-order valence-corrected chi connectivity index (χ2v) is 4.19. The summed E-state index contributed by atoms with van der Waals surface area (Å²) in [4.78, 5) is 22.2. The van der Waals surface area contributed by atoms with E-state index in [1.165, 1.54) is 6.07 Å². The molecule has 0 radical (unpaired) electrons. The number of hydrogen-bond acceptors (Lipinski definition) is 6. The van der Waals surface area contributed by atoms with Crippen molar-refractivity contribution in [2.45, 2.75) is 13.5 Å². The van der Waals surface area contributed by atoms with Crippen LogP contribution < -0.4 is 5.32 Å². The van der Waals surface area contributed by atoms with Crippen LogP contribution in [0.4, 0.5) is 11.5 Å². The van der Waals surface area contributed by atoms with Crippen molar-refractivity contribution in [1.82, 2.24) is 15.0 Å². The molecule has 0 aliphatic carbocycles. The lowest BCUT2D eigenvalue weighted by Crippen LogP contribution is -2.05. The van der Waals surface area contributed by atoms with Crippen LogP contribution in [0.2, 0.25) is 5.02 Å². The minimum Gasteiger partial charge on any atom is -0.363 e. The van der Waals surface area contributed by atoms with Gasteiger partial charge in [-0.3, -0.25) is 20.1 Å². The molecule has 2 aromatic rings. The molecule has 0 amide bonds.